The molecular weight excluding hydrogens is 825 g/mol. The summed E-state index contributed by atoms with van der Waals surface area (Å²) in [6.07, 6.45) is 3.76. The third-order valence-corrected chi connectivity index (χ3v) is 11.6. The van der Waals surface area contributed by atoms with E-state index in [4.69, 9.17) is 40.3 Å². The predicted octanol–water partition coefficient (Wildman–Crippen LogP) is 8.00. The van der Waals surface area contributed by atoms with E-state index in [0.717, 1.165) is 60.5 Å². The molecule has 3 aromatic heterocycles. The summed E-state index contributed by atoms with van der Waals surface area (Å²) in [5, 5.41) is 5.00. The molecule has 0 saturated carbocycles. The number of hydrogen-bond donors (Lipinski definition) is 0. The molecule has 8 rings (SSSR count). The molecule has 0 radical (unpaired) electrons. The minimum Gasteiger partial charge on any atom is -0.496 e. The lowest BCUT2D eigenvalue weighted by molar-refractivity contribution is -0.148. The number of fused-ring (bicyclic) bond motifs is 1. The van der Waals surface area contributed by atoms with Crippen LogP contribution in [0.5, 0.6) is 23.1 Å². The van der Waals surface area contributed by atoms with Crippen molar-refractivity contribution in [2.24, 2.45) is 0 Å². The summed E-state index contributed by atoms with van der Waals surface area (Å²) in [4.78, 5) is 32.0. The first kappa shape index (κ1) is 43.1. The number of carbonyl (C=O) groups excluding carboxylic acids is 1. The van der Waals surface area contributed by atoms with Crippen LogP contribution in [0.2, 0.25) is 5.02 Å². The van der Waals surface area contributed by atoms with Gasteiger partial charge in [0.05, 0.1) is 30.5 Å². The number of carbonyl (C=O) groups is 1. The second-order valence-corrected chi connectivity index (χ2v) is 15.5. The molecule has 1 aliphatic rings. The monoisotopic (exact) mass is 871 g/mol. The maximum Gasteiger partial charge on any atom is 0.347 e. The molecule has 7 aromatic rings. The van der Waals surface area contributed by atoms with Gasteiger partial charge in [-0.15, -0.1) is 0 Å². The quantitative estimate of drug-likeness (QED) is 0.0874. The molecule has 1 aliphatic heterocycles. The third-order valence-electron chi connectivity index (χ3n) is 11.1. The van der Waals surface area contributed by atoms with Crippen LogP contribution in [-0.4, -0.2) is 107 Å². The fourth-order valence-electron chi connectivity index (χ4n) is 7.63. The highest BCUT2D eigenvalue weighted by atomic mass is 35.5. The Kier molecular flexibility index (Phi) is 13.4. The SMILES string of the molecule is COC(=O)[C@@H](Cc1ccccc1OCc1ccnc(-c2ccccc2OC)n1)Oc1ncnn2cc(-c3ccc(F)cc3)c(-c3ccc(OCCN4CCN(C)CC4)c(Cl)c3C)c12. The van der Waals surface area contributed by atoms with Gasteiger partial charge in [-0.3, -0.25) is 4.90 Å². The number of aromatic nitrogens is 5. The molecule has 1 saturated heterocycles. The number of likely N-dealkylation sites (N-methyl/N-ethyl adjacent to an activating group) is 1. The van der Waals surface area contributed by atoms with Gasteiger partial charge in [0, 0.05) is 62.7 Å². The van der Waals surface area contributed by atoms with E-state index in [9.17, 15) is 9.18 Å². The second kappa shape index (κ2) is 19.6. The van der Waals surface area contributed by atoms with Crippen molar-refractivity contribution in [1.29, 1.82) is 0 Å². The Morgan fingerprint density at radius 1 is 0.841 bits per heavy atom. The Bertz CT molecular complexity index is 2710. The number of methoxy groups -OCH3 is 2. The van der Waals surface area contributed by atoms with Crippen molar-refractivity contribution in [3.63, 3.8) is 0 Å². The van der Waals surface area contributed by atoms with Gasteiger partial charge in [0.25, 0.3) is 0 Å². The topological polar surface area (TPSA) is 126 Å². The normalized spacial score (nSPS) is 13.7. The van der Waals surface area contributed by atoms with Crippen LogP contribution in [0.1, 0.15) is 16.8 Å². The molecule has 1 atom stereocenters. The molecule has 63 heavy (non-hydrogen) atoms. The highest BCUT2D eigenvalue weighted by Crippen LogP contribution is 2.44. The van der Waals surface area contributed by atoms with Gasteiger partial charge in [0.1, 0.15) is 48.1 Å². The van der Waals surface area contributed by atoms with Crippen LogP contribution < -0.4 is 18.9 Å². The van der Waals surface area contributed by atoms with E-state index < -0.39 is 12.1 Å². The smallest absolute Gasteiger partial charge is 0.347 e. The van der Waals surface area contributed by atoms with Crippen molar-refractivity contribution in [1.82, 2.24) is 34.4 Å². The van der Waals surface area contributed by atoms with Crippen LogP contribution in [-0.2, 0) is 22.6 Å². The first-order chi connectivity index (χ1) is 30.7. The van der Waals surface area contributed by atoms with E-state index in [1.54, 1.807) is 36.0 Å². The number of piperazine rings is 1. The van der Waals surface area contributed by atoms with Gasteiger partial charge in [0.15, 0.2) is 5.82 Å². The van der Waals surface area contributed by atoms with Crippen LogP contribution in [0.15, 0.2) is 110 Å². The van der Waals surface area contributed by atoms with Crippen LogP contribution in [0.3, 0.4) is 0 Å². The Labute approximate surface area is 370 Å². The number of hydrogen-bond acceptors (Lipinski definition) is 12. The Morgan fingerprint density at radius 2 is 1.60 bits per heavy atom. The Balaban J connectivity index is 1.09. The first-order valence-electron chi connectivity index (χ1n) is 20.6. The lowest BCUT2D eigenvalue weighted by Gasteiger charge is -2.32. The molecule has 0 spiro atoms. The zero-order chi connectivity index (χ0) is 43.9. The second-order valence-electron chi connectivity index (χ2n) is 15.1. The third kappa shape index (κ3) is 9.73. The molecule has 1 fully saturated rings. The molecule has 0 bridgehead atoms. The van der Waals surface area contributed by atoms with Gasteiger partial charge in [-0.25, -0.2) is 23.7 Å². The van der Waals surface area contributed by atoms with Crippen molar-refractivity contribution in [3.05, 3.63) is 137 Å². The van der Waals surface area contributed by atoms with Crippen LogP contribution in [0, 0.1) is 12.7 Å². The summed E-state index contributed by atoms with van der Waals surface area (Å²) in [6.45, 7) is 7.33. The summed E-state index contributed by atoms with van der Waals surface area (Å²) in [6, 6.07) is 26.7. The molecule has 4 aromatic carbocycles. The van der Waals surface area contributed by atoms with Crippen molar-refractivity contribution in [3.8, 4) is 56.8 Å². The van der Waals surface area contributed by atoms with E-state index in [1.165, 1.54) is 25.6 Å². The summed E-state index contributed by atoms with van der Waals surface area (Å²) in [5.41, 5.74) is 6.16. The van der Waals surface area contributed by atoms with Crippen molar-refractivity contribution in [2.75, 3.05) is 60.6 Å². The van der Waals surface area contributed by atoms with Crippen LogP contribution in [0.25, 0.3) is 39.2 Å². The number of halogens is 2. The number of ether oxygens (including phenoxy) is 5. The summed E-state index contributed by atoms with van der Waals surface area (Å²) in [5.74, 6) is 1.38. The van der Waals surface area contributed by atoms with Crippen molar-refractivity contribution >= 4 is 23.1 Å². The maximum atomic E-state index is 14.2. The minimum absolute atomic E-state index is 0.0706. The largest absolute Gasteiger partial charge is 0.496 e. The van der Waals surface area contributed by atoms with E-state index in [2.05, 4.69) is 31.9 Å². The van der Waals surface area contributed by atoms with Gasteiger partial charge in [-0.2, -0.15) is 10.1 Å². The van der Waals surface area contributed by atoms with Gasteiger partial charge >= 0.3 is 5.97 Å². The van der Waals surface area contributed by atoms with E-state index >= 15 is 0 Å². The Morgan fingerprint density at radius 3 is 2.38 bits per heavy atom. The summed E-state index contributed by atoms with van der Waals surface area (Å²) >= 11 is 7.08. The first-order valence-corrected chi connectivity index (χ1v) is 20.9. The maximum absolute atomic E-state index is 14.2. The number of para-hydroxylation sites is 2. The average Bonchev–Trinajstić information content (AvgIpc) is 3.70. The van der Waals surface area contributed by atoms with Crippen LogP contribution >= 0.6 is 11.6 Å². The molecule has 0 amide bonds. The average molecular weight is 872 g/mol. The number of benzene rings is 4. The zero-order valence-electron chi connectivity index (χ0n) is 35.5. The predicted molar refractivity (Wildman–Crippen MR) is 238 cm³/mol. The fourth-order valence-corrected chi connectivity index (χ4v) is 7.85. The molecule has 0 N–H and O–H groups in total. The highest BCUT2D eigenvalue weighted by Gasteiger charge is 2.29. The number of rotatable bonds is 16. The standard InChI is InChI=1S/C48H47ClFN7O6/c1-31-36(17-18-41(44(31)49)61-26-25-56-23-21-55(2)22-24-56)43-38(32-13-15-34(50)16-14-32)28-57-45(43)47(52-30-53-57)63-42(48(58)60-4)27-33-9-5-7-11-39(33)62-29-35-19-20-51-46(54-35)37-10-6-8-12-40(37)59-3/h5-20,28,30,42H,21-27,29H2,1-4H3/t42-/m1/s1. The number of nitrogens with zero attached hydrogens (tertiary/aromatic N) is 7. The molecule has 0 aliphatic carbocycles. The molecule has 4 heterocycles. The van der Waals surface area contributed by atoms with Gasteiger partial charge in [-0.05, 0) is 78.7 Å². The van der Waals surface area contributed by atoms with Crippen LogP contribution in [0.4, 0.5) is 4.39 Å². The molecule has 15 heteroatoms. The lowest BCUT2D eigenvalue weighted by atomic mass is 9.94. The molecule has 324 valence electrons. The Hall–Kier alpha value is -6.61. The summed E-state index contributed by atoms with van der Waals surface area (Å²) in [7, 11) is 5.04. The summed E-state index contributed by atoms with van der Waals surface area (Å²) < 4.78 is 45.8. The molecular formula is C48H47ClFN7O6. The lowest BCUT2D eigenvalue weighted by Crippen LogP contribution is -2.45. The van der Waals surface area contributed by atoms with Crippen molar-refractivity contribution in [2.45, 2.75) is 26.1 Å². The fraction of sp³-hybridized carbons (Fsp3) is 0.271. The highest BCUT2D eigenvalue weighted by molar-refractivity contribution is 6.33. The minimum atomic E-state index is -1.16. The van der Waals surface area contributed by atoms with Crippen molar-refractivity contribution < 1.29 is 32.9 Å². The van der Waals surface area contributed by atoms with E-state index in [-0.39, 0.29) is 24.7 Å². The zero-order valence-corrected chi connectivity index (χ0v) is 36.2. The van der Waals surface area contributed by atoms with Gasteiger partial charge < -0.3 is 28.6 Å². The van der Waals surface area contributed by atoms with E-state index in [0.29, 0.717) is 57.0 Å². The van der Waals surface area contributed by atoms with E-state index in [1.807, 2.05) is 73.8 Å². The number of esters is 1. The van der Waals surface area contributed by atoms with Gasteiger partial charge in [0.2, 0.25) is 12.0 Å². The van der Waals surface area contributed by atoms with Gasteiger partial charge in [-0.1, -0.05) is 60.1 Å². The molecule has 13 nitrogen and oxygen atoms in total. The molecule has 0 unspecified atom stereocenters.